The SMILES string of the molecule is COCCCNCC(C)N1CC(C)OCC1C. The van der Waals surface area contributed by atoms with Crippen molar-refractivity contribution in [1.29, 1.82) is 0 Å². The molecular formula is C13H28N2O2. The molecule has 0 saturated carbocycles. The predicted octanol–water partition coefficient (Wildman–Crippen LogP) is 1.11. The Hall–Kier alpha value is -0.160. The Balaban J connectivity index is 2.18. The number of nitrogens with zero attached hydrogens (tertiary/aromatic N) is 1. The molecule has 0 aromatic rings. The van der Waals surface area contributed by atoms with Crippen LogP contribution in [0.2, 0.25) is 0 Å². The number of hydrogen-bond acceptors (Lipinski definition) is 4. The molecule has 4 nitrogen and oxygen atoms in total. The molecule has 1 fully saturated rings. The maximum Gasteiger partial charge on any atom is 0.0674 e. The van der Waals surface area contributed by atoms with Crippen molar-refractivity contribution in [2.45, 2.75) is 45.4 Å². The van der Waals surface area contributed by atoms with Gasteiger partial charge in [-0.25, -0.2) is 0 Å². The smallest absolute Gasteiger partial charge is 0.0674 e. The molecule has 0 bridgehead atoms. The second-order valence-corrected chi connectivity index (χ2v) is 5.09. The standard InChI is InChI=1S/C13H28N2O2/c1-11(8-14-6-5-7-16-4)15-9-13(3)17-10-12(15)2/h11-14H,5-10H2,1-4H3. The first-order chi connectivity index (χ1) is 8.15. The summed E-state index contributed by atoms with van der Waals surface area (Å²) in [6.07, 6.45) is 1.44. The van der Waals surface area contributed by atoms with Crippen LogP contribution in [0.4, 0.5) is 0 Å². The van der Waals surface area contributed by atoms with E-state index in [1.54, 1.807) is 7.11 Å². The Labute approximate surface area is 106 Å². The average Bonchev–Trinajstić information content (AvgIpc) is 2.32. The summed E-state index contributed by atoms with van der Waals surface area (Å²) in [5.41, 5.74) is 0. The van der Waals surface area contributed by atoms with Crippen molar-refractivity contribution in [1.82, 2.24) is 10.2 Å². The van der Waals surface area contributed by atoms with E-state index in [1.807, 2.05) is 0 Å². The highest BCUT2D eigenvalue weighted by Crippen LogP contribution is 2.14. The minimum absolute atomic E-state index is 0.363. The van der Waals surface area contributed by atoms with Gasteiger partial charge >= 0.3 is 0 Å². The first-order valence-electron chi connectivity index (χ1n) is 6.72. The number of nitrogens with one attached hydrogen (secondary N) is 1. The number of rotatable bonds is 7. The van der Waals surface area contributed by atoms with E-state index in [4.69, 9.17) is 9.47 Å². The third-order valence-corrected chi connectivity index (χ3v) is 3.36. The molecular weight excluding hydrogens is 216 g/mol. The highest BCUT2D eigenvalue weighted by atomic mass is 16.5. The van der Waals surface area contributed by atoms with Gasteiger partial charge in [-0.1, -0.05) is 0 Å². The number of methoxy groups -OCH3 is 1. The molecule has 1 heterocycles. The van der Waals surface area contributed by atoms with Crippen molar-refractivity contribution in [3.63, 3.8) is 0 Å². The molecule has 0 aromatic heterocycles. The van der Waals surface area contributed by atoms with Crippen LogP contribution in [0.5, 0.6) is 0 Å². The molecule has 0 spiro atoms. The van der Waals surface area contributed by atoms with Crippen LogP contribution in [0.1, 0.15) is 27.2 Å². The first kappa shape index (κ1) is 14.9. The quantitative estimate of drug-likeness (QED) is 0.680. The number of hydrogen-bond donors (Lipinski definition) is 1. The van der Waals surface area contributed by atoms with E-state index in [9.17, 15) is 0 Å². The molecule has 0 radical (unpaired) electrons. The second kappa shape index (κ2) is 8.03. The van der Waals surface area contributed by atoms with Gasteiger partial charge in [-0.05, 0) is 33.7 Å². The molecule has 0 amide bonds. The molecule has 1 aliphatic heterocycles. The van der Waals surface area contributed by atoms with Gasteiger partial charge in [0.25, 0.3) is 0 Å². The Morgan fingerprint density at radius 3 is 2.94 bits per heavy atom. The van der Waals surface area contributed by atoms with Crippen LogP contribution in [-0.2, 0) is 9.47 Å². The lowest BCUT2D eigenvalue weighted by atomic mass is 10.1. The van der Waals surface area contributed by atoms with Gasteiger partial charge in [0, 0.05) is 38.9 Å². The largest absolute Gasteiger partial charge is 0.385 e. The van der Waals surface area contributed by atoms with Crippen LogP contribution in [-0.4, -0.2) is 63.0 Å². The van der Waals surface area contributed by atoms with Gasteiger partial charge in [0.2, 0.25) is 0 Å². The van der Waals surface area contributed by atoms with Gasteiger partial charge in [-0.3, -0.25) is 4.90 Å². The van der Waals surface area contributed by atoms with Crippen LogP contribution < -0.4 is 5.32 Å². The fraction of sp³-hybridized carbons (Fsp3) is 1.00. The van der Waals surface area contributed by atoms with E-state index in [1.165, 1.54) is 0 Å². The van der Waals surface area contributed by atoms with Gasteiger partial charge in [0.1, 0.15) is 0 Å². The molecule has 102 valence electrons. The van der Waals surface area contributed by atoms with Crippen LogP contribution in [0.3, 0.4) is 0 Å². The zero-order valence-electron chi connectivity index (χ0n) is 11.7. The van der Waals surface area contributed by atoms with Crippen molar-refractivity contribution >= 4 is 0 Å². The zero-order valence-corrected chi connectivity index (χ0v) is 11.7. The summed E-state index contributed by atoms with van der Waals surface area (Å²) in [7, 11) is 1.75. The monoisotopic (exact) mass is 244 g/mol. The van der Waals surface area contributed by atoms with Gasteiger partial charge in [-0.2, -0.15) is 0 Å². The molecule has 0 aromatic carbocycles. The van der Waals surface area contributed by atoms with Gasteiger partial charge in [0.05, 0.1) is 12.7 Å². The zero-order chi connectivity index (χ0) is 12.7. The lowest BCUT2D eigenvalue weighted by Crippen LogP contribution is -2.53. The fourth-order valence-corrected chi connectivity index (χ4v) is 2.31. The molecule has 3 unspecified atom stereocenters. The van der Waals surface area contributed by atoms with Crippen LogP contribution >= 0.6 is 0 Å². The highest BCUT2D eigenvalue weighted by molar-refractivity contribution is 4.80. The summed E-state index contributed by atoms with van der Waals surface area (Å²) in [4.78, 5) is 2.54. The van der Waals surface area contributed by atoms with E-state index in [0.29, 0.717) is 18.2 Å². The topological polar surface area (TPSA) is 33.7 Å². The summed E-state index contributed by atoms with van der Waals surface area (Å²) >= 11 is 0. The molecule has 3 atom stereocenters. The normalized spacial score (nSPS) is 28.2. The summed E-state index contributed by atoms with van der Waals surface area (Å²) in [6.45, 7) is 11.5. The third-order valence-electron chi connectivity index (χ3n) is 3.36. The van der Waals surface area contributed by atoms with Crippen molar-refractivity contribution in [2.24, 2.45) is 0 Å². The van der Waals surface area contributed by atoms with Gasteiger partial charge < -0.3 is 14.8 Å². The van der Waals surface area contributed by atoms with Gasteiger partial charge in [-0.15, -0.1) is 0 Å². The molecule has 0 aliphatic carbocycles. The lowest BCUT2D eigenvalue weighted by molar-refractivity contribution is -0.0629. The number of morpholine rings is 1. The van der Waals surface area contributed by atoms with E-state index in [-0.39, 0.29) is 0 Å². The van der Waals surface area contributed by atoms with Crippen molar-refractivity contribution in [3.05, 3.63) is 0 Å². The molecule has 1 aliphatic rings. The first-order valence-corrected chi connectivity index (χ1v) is 6.72. The van der Waals surface area contributed by atoms with Crippen LogP contribution in [0.15, 0.2) is 0 Å². The van der Waals surface area contributed by atoms with Crippen molar-refractivity contribution in [3.8, 4) is 0 Å². The average molecular weight is 244 g/mol. The predicted molar refractivity (Wildman–Crippen MR) is 70.4 cm³/mol. The van der Waals surface area contributed by atoms with Crippen LogP contribution in [0, 0.1) is 0 Å². The third kappa shape index (κ3) is 5.34. The lowest BCUT2D eigenvalue weighted by Gasteiger charge is -2.40. The van der Waals surface area contributed by atoms with E-state index in [0.717, 1.165) is 39.3 Å². The Morgan fingerprint density at radius 2 is 2.24 bits per heavy atom. The van der Waals surface area contributed by atoms with Gasteiger partial charge in [0.15, 0.2) is 0 Å². The Morgan fingerprint density at radius 1 is 1.47 bits per heavy atom. The summed E-state index contributed by atoms with van der Waals surface area (Å²) < 4.78 is 10.7. The van der Waals surface area contributed by atoms with E-state index in [2.05, 4.69) is 31.0 Å². The molecule has 1 saturated heterocycles. The second-order valence-electron chi connectivity index (χ2n) is 5.09. The summed E-state index contributed by atoms with van der Waals surface area (Å²) in [6, 6.07) is 1.10. The van der Waals surface area contributed by atoms with Crippen molar-refractivity contribution in [2.75, 3.05) is 40.0 Å². The fourth-order valence-electron chi connectivity index (χ4n) is 2.31. The molecule has 17 heavy (non-hydrogen) atoms. The number of ether oxygens (including phenoxy) is 2. The summed E-state index contributed by atoms with van der Waals surface area (Å²) in [5.74, 6) is 0. The summed E-state index contributed by atoms with van der Waals surface area (Å²) in [5, 5.41) is 3.49. The highest BCUT2D eigenvalue weighted by Gasteiger charge is 2.26. The van der Waals surface area contributed by atoms with Crippen LogP contribution in [0.25, 0.3) is 0 Å². The minimum atomic E-state index is 0.363. The van der Waals surface area contributed by atoms with E-state index < -0.39 is 0 Å². The van der Waals surface area contributed by atoms with E-state index >= 15 is 0 Å². The Kier molecular flexibility index (Phi) is 7.04. The maximum absolute atomic E-state index is 5.65. The maximum atomic E-state index is 5.65. The molecule has 1 N–H and O–H groups in total. The molecule has 1 rings (SSSR count). The van der Waals surface area contributed by atoms with Crippen molar-refractivity contribution < 1.29 is 9.47 Å². The molecule has 4 heteroatoms. The Bertz CT molecular complexity index is 202. The minimum Gasteiger partial charge on any atom is -0.385 e.